The van der Waals surface area contributed by atoms with E-state index in [1.165, 1.54) is 0 Å². The third kappa shape index (κ3) is 1.93. The predicted octanol–water partition coefficient (Wildman–Crippen LogP) is 2.06. The molecule has 0 saturated heterocycles. The normalized spacial score (nSPS) is 10.4. The molecular formula is C10H10ClN3. The zero-order valence-electron chi connectivity index (χ0n) is 7.81. The lowest BCUT2D eigenvalue weighted by Gasteiger charge is -2.01. The van der Waals surface area contributed by atoms with Gasteiger partial charge in [-0.2, -0.15) is 0 Å². The van der Waals surface area contributed by atoms with E-state index in [0.29, 0.717) is 11.4 Å². The van der Waals surface area contributed by atoms with Crippen molar-refractivity contribution in [2.24, 2.45) is 7.05 Å². The molecule has 2 aromatic rings. The van der Waals surface area contributed by atoms with E-state index in [9.17, 15) is 0 Å². The van der Waals surface area contributed by atoms with Crippen LogP contribution < -0.4 is 0 Å². The van der Waals surface area contributed by atoms with Crippen LogP contribution in [0, 0.1) is 0 Å². The highest BCUT2D eigenvalue weighted by molar-refractivity contribution is 6.30. The largest absolute Gasteiger partial charge is 0.338 e. The number of pyridine rings is 1. The lowest BCUT2D eigenvalue weighted by molar-refractivity contribution is 0.811. The molecule has 2 heterocycles. The van der Waals surface area contributed by atoms with Gasteiger partial charge >= 0.3 is 0 Å². The Kier molecular flexibility index (Phi) is 2.50. The highest BCUT2D eigenvalue weighted by atomic mass is 35.5. The number of nitrogens with zero attached hydrogens (tertiary/aromatic N) is 3. The first-order valence-corrected chi connectivity index (χ1v) is 4.70. The van der Waals surface area contributed by atoms with E-state index in [-0.39, 0.29) is 0 Å². The number of rotatable bonds is 2. The van der Waals surface area contributed by atoms with E-state index < -0.39 is 0 Å². The number of aryl methyl sites for hydroxylation is 1. The number of halogens is 1. The van der Waals surface area contributed by atoms with Crippen LogP contribution in [-0.4, -0.2) is 14.5 Å². The van der Waals surface area contributed by atoms with Gasteiger partial charge in [0.15, 0.2) is 0 Å². The summed E-state index contributed by atoms with van der Waals surface area (Å²) in [4.78, 5) is 8.44. The van der Waals surface area contributed by atoms with Crippen LogP contribution in [0.2, 0.25) is 5.02 Å². The maximum Gasteiger partial charge on any atom is 0.114 e. The van der Waals surface area contributed by atoms with Gasteiger partial charge in [0, 0.05) is 42.8 Å². The molecule has 2 rings (SSSR count). The van der Waals surface area contributed by atoms with Crippen LogP contribution in [0.1, 0.15) is 11.5 Å². The standard InChI is InChI=1S/C10H10ClN3/c1-14-5-4-13-10(14)7-9-6-8(11)2-3-12-9/h2-6H,7H2,1H3. The molecule has 0 radical (unpaired) electrons. The second kappa shape index (κ2) is 3.80. The highest BCUT2D eigenvalue weighted by Gasteiger charge is 2.02. The Morgan fingerprint density at radius 1 is 1.36 bits per heavy atom. The SMILES string of the molecule is Cn1ccnc1Cc1cc(Cl)ccn1. The van der Waals surface area contributed by atoms with Gasteiger partial charge in [0.25, 0.3) is 0 Å². The van der Waals surface area contributed by atoms with Gasteiger partial charge in [-0.25, -0.2) is 4.98 Å². The van der Waals surface area contributed by atoms with E-state index in [4.69, 9.17) is 11.6 Å². The lowest BCUT2D eigenvalue weighted by Crippen LogP contribution is -1.99. The Bertz CT molecular complexity index is 436. The monoisotopic (exact) mass is 207 g/mol. The number of imidazole rings is 1. The summed E-state index contributed by atoms with van der Waals surface area (Å²) in [6, 6.07) is 3.62. The zero-order valence-corrected chi connectivity index (χ0v) is 8.57. The van der Waals surface area contributed by atoms with Gasteiger partial charge in [-0.1, -0.05) is 11.6 Å². The molecule has 0 aliphatic rings. The van der Waals surface area contributed by atoms with Crippen molar-refractivity contribution in [1.29, 1.82) is 0 Å². The molecule has 0 aliphatic carbocycles. The van der Waals surface area contributed by atoms with E-state index in [0.717, 1.165) is 11.5 Å². The smallest absolute Gasteiger partial charge is 0.114 e. The van der Waals surface area contributed by atoms with Crippen LogP contribution in [0.15, 0.2) is 30.7 Å². The van der Waals surface area contributed by atoms with Crippen LogP contribution in [0.4, 0.5) is 0 Å². The second-order valence-electron chi connectivity index (χ2n) is 3.10. The van der Waals surface area contributed by atoms with Crippen LogP contribution >= 0.6 is 11.6 Å². The van der Waals surface area contributed by atoms with Crippen molar-refractivity contribution in [2.75, 3.05) is 0 Å². The summed E-state index contributed by atoms with van der Waals surface area (Å²) >= 11 is 5.86. The van der Waals surface area contributed by atoms with Crippen molar-refractivity contribution in [2.45, 2.75) is 6.42 Å². The van der Waals surface area contributed by atoms with Gasteiger partial charge in [0.1, 0.15) is 5.82 Å². The van der Waals surface area contributed by atoms with Crippen molar-refractivity contribution in [3.05, 3.63) is 47.3 Å². The molecule has 0 fully saturated rings. The zero-order chi connectivity index (χ0) is 9.97. The first-order valence-electron chi connectivity index (χ1n) is 4.32. The molecule has 0 aliphatic heterocycles. The quantitative estimate of drug-likeness (QED) is 0.755. The summed E-state index contributed by atoms with van der Waals surface area (Å²) in [5, 5.41) is 0.712. The molecule has 0 bridgehead atoms. The summed E-state index contributed by atoms with van der Waals surface area (Å²) in [5.41, 5.74) is 0.937. The Morgan fingerprint density at radius 2 is 2.21 bits per heavy atom. The number of aromatic nitrogens is 3. The van der Waals surface area contributed by atoms with Crippen molar-refractivity contribution in [3.8, 4) is 0 Å². The molecular weight excluding hydrogens is 198 g/mol. The van der Waals surface area contributed by atoms with Gasteiger partial charge in [-0.05, 0) is 12.1 Å². The average molecular weight is 208 g/mol. The minimum Gasteiger partial charge on any atom is -0.338 e. The molecule has 0 spiro atoms. The van der Waals surface area contributed by atoms with E-state index in [1.54, 1.807) is 18.5 Å². The molecule has 0 saturated carbocycles. The average Bonchev–Trinajstić information content (AvgIpc) is 2.52. The third-order valence-corrected chi connectivity index (χ3v) is 2.27. The van der Waals surface area contributed by atoms with Gasteiger partial charge in [0.2, 0.25) is 0 Å². The molecule has 72 valence electrons. The van der Waals surface area contributed by atoms with Gasteiger partial charge in [0.05, 0.1) is 0 Å². The van der Waals surface area contributed by atoms with Crippen molar-refractivity contribution < 1.29 is 0 Å². The molecule has 0 aromatic carbocycles. The number of hydrogen-bond acceptors (Lipinski definition) is 2. The molecule has 3 nitrogen and oxygen atoms in total. The lowest BCUT2D eigenvalue weighted by atomic mass is 10.2. The summed E-state index contributed by atoms with van der Waals surface area (Å²) in [6.45, 7) is 0. The Morgan fingerprint density at radius 3 is 2.86 bits per heavy atom. The first kappa shape index (κ1) is 9.21. The topological polar surface area (TPSA) is 30.7 Å². The molecule has 4 heteroatoms. The Balaban J connectivity index is 2.23. The minimum atomic E-state index is 0.712. The molecule has 0 N–H and O–H groups in total. The Labute approximate surface area is 87.4 Å². The molecule has 0 atom stereocenters. The highest BCUT2D eigenvalue weighted by Crippen LogP contribution is 2.10. The Hall–Kier alpha value is -1.35. The van der Waals surface area contributed by atoms with Crippen LogP contribution in [0.5, 0.6) is 0 Å². The summed E-state index contributed by atoms with van der Waals surface area (Å²) in [7, 11) is 1.97. The van der Waals surface area contributed by atoms with Crippen LogP contribution in [0.25, 0.3) is 0 Å². The van der Waals surface area contributed by atoms with E-state index in [1.807, 2.05) is 23.9 Å². The van der Waals surface area contributed by atoms with Crippen molar-refractivity contribution >= 4 is 11.6 Å². The maximum atomic E-state index is 5.86. The fourth-order valence-electron chi connectivity index (χ4n) is 1.27. The van der Waals surface area contributed by atoms with Gasteiger partial charge < -0.3 is 4.57 Å². The first-order chi connectivity index (χ1) is 6.75. The maximum absolute atomic E-state index is 5.86. The van der Waals surface area contributed by atoms with Crippen molar-refractivity contribution in [3.63, 3.8) is 0 Å². The summed E-state index contributed by atoms with van der Waals surface area (Å²) in [5.74, 6) is 0.986. The molecule has 2 aromatic heterocycles. The van der Waals surface area contributed by atoms with Gasteiger partial charge in [-0.3, -0.25) is 4.98 Å². The second-order valence-corrected chi connectivity index (χ2v) is 3.53. The molecule has 0 amide bonds. The van der Waals surface area contributed by atoms with Crippen LogP contribution in [0.3, 0.4) is 0 Å². The fraction of sp³-hybridized carbons (Fsp3) is 0.200. The summed E-state index contributed by atoms with van der Waals surface area (Å²) < 4.78 is 1.97. The van der Waals surface area contributed by atoms with E-state index in [2.05, 4.69) is 9.97 Å². The van der Waals surface area contributed by atoms with Crippen LogP contribution in [-0.2, 0) is 13.5 Å². The minimum absolute atomic E-state index is 0.712. The molecule has 14 heavy (non-hydrogen) atoms. The number of hydrogen-bond donors (Lipinski definition) is 0. The van der Waals surface area contributed by atoms with Crippen molar-refractivity contribution in [1.82, 2.24) is 14.5 Å². The van der Waals surface area contributed by atoms with Gasteiger partial charge in [-0.15, -0.1) is 0 Å². The summed E-state index contributed by atoms with van der Waals surface area (Å²) in [6.07, 6.45) is 6.12. The van der Waals surface area contributed by atoms with E-state index >= 15 is 0 Å². The third-order valence-electron chi connectivity index (χ3n) is 2.04. The fourth-order valence-corrected chi connectivity index (χ4v) is 1.46. The molecule has 0 unspecified atom stereocenters. The predicted molar refractivity (Wildman–Crippen MR) is 55.3 cm³/mol.